The molecule has 1 saturated carbocycles. The van der Waals surface area contributed by atoms with Gasteiger partial charge in [-0.3, -0.25) is 0 Å². The molecule has 2 heteroatoms. The van der Waals surface area contributed by atoms with Crippen molar-refractivity contribution < 1.29 is 4.74 Å². The van der Waals surface area contributed by atoms with Gasteiger partial charge in [-0.05, 0) is 54.7 Å². The van der Waals surface area contributed by atoms with Crippen molar-refractivity contribution in [2.24, 2.45) is 11.1 Å². The summed E-state index contributed by atoms with van der Waals surface area (Å²) in [6.07, 6.45) is 3.55. The summed E-state index contributed by atoms with van der Waals surface area (Å²) in [6.45, 7) is 6.58. The van der Waals surface area contributed by atoms with Gasteiger partial charge in [0.15, 0.2) is 0 Å². The van der Waals surface area contributed by atoms with E-state index in [1.54, 1.807) is 7.11 Å². The Morgan fingerprint density at radius 2 is 1.94 bits per heavy atom. The lowest BCUT2D eigenvalue weighted by Gasteiger charge is -2.22. The molecular weight excluding hydrogens is 222 g/mol. The third-order valence-corrected chi connectivity index (χ3v) is 4.37. The van der Waals surface area contributed by atoms with Crippen LogP contribution in [-0.2, 0) is 6.42 Å². The minimum atomic E-state index is 0.268. The molecule has 0 radical (unpaired) electrons. The highest BCUT2D eigenvalue weighted by Crippen LogP contribution is 2.51. The third-order valence-electron chi connectivity index (χ3n) is 4.37. The molecule has 18 heavy (non-hydrogen) atoms. The van der Waals surface area contributed by atoms with Crippen LogP contribution in [0.15, 0.2) is 18.2 Å². The van der Waals surface area contributed by atoms with Crippen LogP contribution in [0.2, 0.25) is 0 Å². The maximum absolute atomic E-state index is 6.13. The molecule has 0 saturated heterocycles. The standard InChI is InChI=1S/C16H25NO/c1-11(2)13-5-6-15(18-4)14(9-13)10-16(7-8-16)12(3)17/h5-6,9,11-12H,7-8,10,17H2,1-4H3. The van der Waals surface area contributed by atoms with Gasteiger partial charge < -0.3 is 10.5 Å². The minimum Gasteiger partial charge on any atom is -0.496 e. The molecular formula is C16H25NO. The molecule has 0 bridgehead atoms. The van der Waals surface area contributed by atoms with E-state index in [1.165, 1.54) is 24.0 Å². The van der Waals surface area contributed by atoms with E-state index >= 15 is 0 Å². The van der Waals surface area contributed by atoms with Crippen molar-refractivity contribution in [1.82, 2.24) is 0 Å². The van der Waals surface area contributed by atoms with Gasteiger partial charge in [0, 0.05) is 6.04 Å². The van der Waals surface area contributed by atoms with E-state index in [4.69, 9.17) is 10.5 Å². The molecule has 2 N–H and O–H groups in total. The second-order valence-electron chi connectivity index (χ2n) is 6.05. The summed E-state index contributed by atoms with van der Waals surface area (Å²) in [5.41, 5.74) is 9.15. The highest BCUT2D eigenvalue weighted by atomic mass is 16.5. The van der Waals surface area contributed by atoms with E-state index in [9.17, 15) is 0 Å². The summed E-state index contributed by atoms with van der Waals surface area (Å²) < 4.78 is 5.49. The molecule has 0 aromatic heterocycles. The molecule has 1 aromatic rings. The second-order valence-corrected chi connectivity index (χ2v) is 6.05. The third kappa shape index (κ3) is 2.54. The fourth-order valence-electron chi connectivity index (χ4n) is 2.63. The zero-order chi connectivity index (χ0) is 13.3. The SMILES string of the molecule is COc1ccc(C(C)C)cc1CC1(C(C)N)CC1. The van der Waals surface area contributed by atoms with Gasteiger partial charge in [-0.15, -0.1) is 0 Å². The first-order valence-electron chi connectivity index (χ1n) is 6.91. The summed E-state index contributed by atoms with van der Waals surface area (Å²) in [4.78, 5) is 0. The Morgan fingerprint density at radius 3 is 2.39 bits per heavy atom. The quantitative estimate of drug-likeness (QED) is 0.864. The van der Waals surface area contributed by atoms with Gasteiger partial charge in [-0.2, -0.15) is 0 Å². The predicted octanol–water partition coefficient (Wildman–Crippen LogP) is 3.49. The number of rotatable bonds is 5. The van der Waals surface area contributed by atoms with Crippen LogP contribution in [0.25, 0.3) is 0 Å². The number of methoxy groups -OCH3 is 1. The Kier molecular flexibility index (Phi) is 3.67. The van der Waals surface area contributed by atoms with Crippen molar-refractivity contribution >= 4 is 0 Å². The lowest BCUT2D eigenvalue weighted by atomic mass is 9.88. The normalized spacial score (nSPS) is 18.8. The van der Waals surface area contributed by atoms with E-state index in [0.717, 1.165) is 12.2 Å². The van der Waals surface area contributed by atoms with E-state index in [-0.39, 0.29) is 6.04 Å². The van der Waals surface area contributed by atoms with Crippen LogP contribution in [0.1, 0.15) is 50.7 Å². The van der Waals surface area contributed by atoms with E-state index in [2.05, 4.69) is 39.0 Å². The monoisotopic (exact) mass is 247 g/mol. The average molecular weight is 247 g/mol. The smallest absolute Gasteiger partial charge is 0.122 e. The van der Waals surface area contributed by atoms with Crippen LogP contribution in [-0.4, -0.2) is 13.2 Å². The fourth-order valence-corrected chi connectivity index (χ4v) is 2.63. The molecule has 0 heterocycles. The van der Waals surface area contributed by atoms with E-state index < -0.39 is 0 Å². The summed E-state index contributed by atoms with van der Waals surface area (Å²) in [7, 11) is 1.75. The van der Waals surface area contributed by atoms with Gasteiger partial charge in [0.1, 0.15) is 5.75 Å². The van der Waals surface area contributed by atoms with Gasteiger partial charge in [0.2, 0.25) is 0 Å². The summed E-state index contributed by atoms with van der Waals surface area (Å²) in [5, 5.41) is 0. The Morgan fingerprint density at radius 1 is 1.28 bits per heavy atom. The van der Waals surface area contributed by atoms with Crippen molar-refractivity contribution in [3.8, 4) is 5.75 Å². The largest absolute Gasteiger partial charge is 0.496 e. The minimum absolute atomic E-state index is 0.268. The van der Waals surface area contributed by atoms with Crippen molar-refractivity contribution in [1.29, 1.82) is 0 Å². The van der Waals surface area contributed by atoms with Gasteiger partial charge in [0.05, 0.1) is 7.11 Å². The highest BCUT2D eigenvalue weighted by molar-refractivity contribution is 5.40. The summed E-state index contributed by atoms with van der Waals surface area (Å²) in [5.74, 6) is 1.56. The second kappa shape index (κ2) is 4.93. The van der Waals surface area contributed by atoms with Gasteiger partial charge in [-0.25, -0.2) is 0 Å². The van der Waals surface area contributed by atoms with Crippen LogP contribution in [0.5, 0.6) is 5.75 Å². The number of hydrogen-bond donors (Lipinski definition) is 1. The van der Waals surface area contributed by atoms with Crippen LogP contribution >= 0.6 is 0 Å². The Labute approximate surface area is 111 Å². The van der Waals surface area contributed by atoms with Crippen LogP contribution in [0.4, 0.5) is 0 Å². The van der Waals surface area contributed by atoms with Crippen molar-refractivity contribution in [3.05, 3.63) is 29.3 Å². The van der Waals surface area contributed by atoms with Gasteiger partial charge in [0.25, 0.3) is 0 Å². The Hall–Kier alpha value is -1.02. The topological polar surface area (TPSA) is 35.2 Å². The predicted molar refractivity (Wildman–Crippen MR) is 76.1 cm³/mol. The van der Waals surface area contributed by atoms with Crippen LogP contribution in [0, 0.1) is 5.41 Å². The van der Waals surface area contributed by atoms with Crippen LogP contribution < -0.4 is 10.5 Å². The molecule has 0 aliphatic heterocycles. The van der Waals surface area contributed by atoms with Crippen molar-refractivity contribution in [3.63, 3.8) is 0 Å². The molecule has 1 aromatic carbocycles. The van der Waals surface area contributed by atoms with Crippen molar-refractivity contribution in [2.45, 2.75) is 52.0 Å². The molecule has 1 fully saturated rings. The maximum atomic E-state index is 6.13. The maximum Gasteiger partial charge on any atom is 0.122 e. The van der Waals surface area contributed by atoms with Gasteiger partial charge in [-0.1, -0.05) is 26.0 Å². The molecule has 100 valence electrons. The highest BCUT2D eigenvalue weighted by Gasteiger charge is 2.46. The molecule has 2 rings (SSSR count). The molecule has 0 spiro atoms. The number of ether oxygens (including phenoxy) is 1. The van der Waals surface area contributed by atoms with Gasteiger partial charge >= 0.3 is 0 Å². The molecule has 0 amide bonds. The zero-order valence-corrected chi connectivity index (χ0v) is 12.0. The lowest BCUT2D eigenvalue weighted by Crippen LogP contribution is -2.30. The fraction of sp³-hybridized carbons (Fsp3) is 0.625. The average Bonchev–Trinajstić information content (AvgIpc) is 3.10. The molecule has 1 aliphatic carbocycles. The summed E-state index contributed by atoms with van der Waals surface area (Å²) >= 11 is 0. The van der Waals surface area contributed by atoms with Crippen LogP contribution in [0.3, 0.4) is 0 Å². The number of benzene rings is 1. The molecule has 1 atom stereocenters. The Balaban J connectivity index is 2.27. The zero-order valence-electron chi connectivity index (χ0n) is 12.0. The van der Waals surface area contributed by atoms with E-state index in [1.807, 2.05) is 0 Å². The van der Waals surface area contributed by atoms with E-state index in [0.29, 0.717) is 11.3 Å². The molecule has 2 nitrogen and oxygen atoms in total. The number of hydrogen-bond acceptors (Lipinski definition) is 2. The first-order chi connectivity index (χ1) is 8.48. The Bertz CT molecular complexity index is 419. The molecule has 1 aliphatic rings. The first kappa shape index (κ1) is 13.4. The van der Waals surface area contributed by atoms with Crippen molar-refractivity contribution in [2.75, 3.05) is 7.11 Å². The molecule has 1 unspecified atom stereocenters. The number of nitrogens with two attached hydrogens (primary N) is 1. The lowest BCUT2D eigenvalue weighted by molar-refractivity contribution is 0.384. The summed E-state index contributed by atoms with van der Waals surface area (Å²) in [6, 6.07) is 6.83. The first-order valence-corrected chi connectivity index (χ1v) is 6.91.